The lowest BCUT2D eigenvalue weighted by Gasteiger charge is -2.61. The van der Waals surface area contributed by atoms with Crippen LogP contribution in [0.5, 0.6) is 0 Å². The predicted molar refractivity (Wildman–Crippen MR) is 133 cm³/mol. The van der Waals surface area contributed by atoms with Crippen molar-refractivity contribution in [3.63, 3.8) is 0 Å². The highest BCUT2D eigenvalue weighted by atomic mass is 19.4. The van der Waals surface area contributed by atoms with E-state index in [2.05, 4.69) is 15.3 Å². The smallest absolute Gasteiger partial charge is 0.363 e. The second-order valence-electron chi connectivity index (χ2n) is 12.3. The summed E-state index contributed by atoms with van der Waals surface area (Å²) in [5.74, 6) is 1.89. The van der Waals surface area contributed by atoms with Crippen LogP contribution in [-0.4, -0.2) is 63.4 Å². The molecule has 1 N–H and O–H groups in total. The molecule has 10 heteroatoms. The van der Waals surface area contributed by atoms with E-state index in [1.807, 2.05) is 0 Å². The number of hydrogen-bond acceptors (Lipinski definition) is 4. The average Bonchev–Trinajstić information content (AvgIpc) is 3.31. The van der Waals surface area contributed by atoms with Crippen LogP contribution in [0.3, 0.4) is 0 Å². The fourth-order valence-electron chi connectivity index (χ4n) is 8.64. The second kappa shape index (κ2) is 8.69. The summed E-state index contributed by atoms with van der Waals surface area (Å²) in [6, 6.07) is 2.85. The van der Waals surface area contributed by atoms with Crippen molar-refractivity contribution in [1.29, 1.82) is 0 Å². The zero-order chi connectivity index (χ0) is 26.2. The number of hydrogen-bond donors (Lipinski definition) is 1. The number of nitrogens with zero attached hydrogens (tertiary/aromatic N) is 4. The summed E-state index contributed by atoms with van der Waals surface area (Å²) in [4.78, 5) is 18.0. The highest BCUT2D eigenvalue weighted by Crippen LogP contribution is 2.58. The molecular formula is C28H33F4N5O. The zero-order valence-electron chi connectivity index (χ0n) is 21.3. The minimum absolute atomic E-state index is 0.0846. The standard InChI is InChI=1S/C28H33F4N5O/c29-21-3-1-20(2-4-21)23-12-24(28(30,31)32)37-25(34-23)22(16-33-37)26(38)35-5-7-36(8-6-35)27-13-17-9-18(14-27)11-19(10-17)15-27/h1-4,16-19,23-24,34H,5-15H2/t17?,18?,19?,23-,24-,27?/m0/s1. The van der Waals surface area contributed by atoms with E-state index in [4.69, 9.17) is 0 Å². The van der Waals surface area contributed by atoms with Crippen molar-refractivity contribution < 1.29 is 22.4 Å². The number of carbonyl (C=O) groups excluding carboxylic acids is 1. The second-order valence-corrected chi connectivity index (χ2v) is 12.3. The Morgan fingerprint density at radius 2 is 1.53 bits per heavy atom. The van der Waals surface area contributed by atoms with Crippen molar-refractivity contribution in [1.82, 2.24) is 19.6 Å². The topological polar surface area (TPSA) is 53.4 Å². The van der Waals surface area contributed by atoms with E-state index in [1.165, 1.54) is 69.0 Å². The Kier molecular flexibility index (Phi) is 5.59. The van der Waals surface area contributed by atoms with Gasteiger partial charge < -0.3 is 10.2 Å². The Morgan fingerprint density at radius 1 is 0.921 bits per heavy atom. The van der Waals surface area contributed by atoms with Crippen LogP contribution in [0.2, 0.25) is 0 Å². The van der Waals surface area contributed by atoms with Crippen molar-refractivity contribution in [2.75, 3.05) is 31.5 Å². The SMILES string of the molecule is O=C(c1cnn2c1N[C@H](c1ccc(F)cc1)C[C@H]2C(F)(F)F)N1CCN(C23CC4CC(CC(C4)C2)C3)CC1. The quantitative estimate of drug-likeness (QED) is 0.539. The maximum Gasteiger partial charge on any atom is 0.410 e. The molecule has 2 aliphatic heterocycles. The highest BCUT2D eigenvalue weighted by molar-refractivity contribution is 5.99. The third kappa shape index (κ3) is 4.01. The van der Waals surface area contributed by atoms with Gasteiger partial charge in [0, 0.05) is 38.1 Å². The predicted octanol–water partition coefficient (Wildman–Crippen LogP) is 5.41. The van der Waals surface area contributed by atoms with Gasteiger partial charge in [-0.05, 0) is 74.0 Å². The van der Waals surface area contributed by atoms with Gasteiger partial charge in [0.2, 0.25) is 0 Å². The summed E-state index contributed by atoms with van der Waals surface area (Å²) in [7, 11) is 0. The third-order valence-corrected chi connectivity index (χ3v) is 9.98. The fourth-order valence-corrected chi connectivity index (χ4v) is 8.64. The van der Waals surface area contributed by atoms with Gasteiger partial charge >= 0.3 is 6.18 Å². The summed E-state index contributed by atoms with van der Waals surface area (Å²) in [6.07, 6.45) is 4.42. The van der Waals surface area contributed by atoms with Crippen LogP contribution in [0.15, 0.2) is 30.5 Å². The summed E-state index contributed by atoms with van der Waals surface area (Å²) in [5, 5.41) is 7.14. The molecule has 38 heavy (non-hydrogen) atoms. The molecule has 4 aliphatic carbocycles. The largest absolute Gasteiger partial charge is 0.410 e. The number of alkyl halides is 3. The molecular weight excluding hydrogens is 498 g/mol. The van der Waals surface area contributed by atoms with Gasteiger partial charge in [-0.25, -0.2) is 9.07 Å². The van der Waals surface area contributed by atoms with Gasteiger partial charge in [0.1, 0.15) is 17.2 Å². The van der Waals surface area contributed by atoms with Crippen molar-refractivity contribution in [2.45, 2.75) is 68.7 Å². The van der Waals surface area contributed by atoms with Crippen molar-refractivity contribution in [3.05, 3.63) is 47.4 Å². The molecule has 0 spiro atoms. The van der Waals surface area contributed by atoms with Crippen LogP contribution in [0.25, 0.3) is 0 Å². The number of nitrogens with one attached hydrogen (secondary N) is 1. The number of rotatable bonds is 3. The van der Waals surface area contributed by atoms with E-state index < -0.39 is 24.1 Å². The molecule has 2 aromatic rings. The number of halogens is 4. The number of carbonyl (C=O) groups is 1. The maximum atomic E-state index is 14.0. The number of fused-ring (bicyclic) bond motifs is 1. The molecule has 4 saturated carbocycles. The Balaban J connectivity index is 1.10. The Hall–Kier alpha value is -2.62. The molecule has 0 unspecified atom stereocenters. The minimum atomic E-state index is -4.54. The van der Waals surface area contributed by atoms with E-state index in [0.717, 1.165) is 35.5 Å². The highest BCUT2D eigenvalue weighted by Gasteiger charge is 2.54. The molecule has 0 radical (unpaired) electrons. The summed E-state index contributed by atoms with van der Waals surface area (Å²) < 4.78 is 56.5. The first-order valence-electron chi connectivity index (χ1n) is 13.9. The van der Waals surface area contributed by atoms with Gasteiger partial charge in [-0.2, -0.15) is 18.3 Å². The molecule has 3 heterocycles. The van der Waals surface area contributed by atoms with E-state index >= 15 is 0 Å². The molecule has 2 atom stereocenters. The summed E-state index contributed by atoms with van der Waals surface area (Å²) in [5.41, 5.74) is 0.981. The van der Waals surface area contributed by atoms with Gasteiger partial charge in [0.25, 0.3) is 5.91 Å². The molecule has 8 rings (SSSR count). The first-order valence-corrected chi connectivity index (χ1v) is 13.9. The van der Waals surface area contributed by atoms with Gasteiger partial charge in [-0.3, -0.25) is 9.69 Å². The molecule has 6 nitrogen and oxygen atoms in total. The Morgan fingerprint density at radius 3 is 2.11 bits per heavy atom. The summed E-state index contributed by atoms with van der Waals surface area (Å²) >= 11 is 0. The minimum Gasteiger partial charge on any atom is -0.363 e. The first kappa shape index (κ1) is 24.4. The molecule has 6 aliphatic rings. The lowest BCUT2D eigenvalue weighted by Crippen LogP contribution is -2.64. The first-order chi connectivity index (χ1) is 18.2. The van der Waals surface area contributed by atoms with Gasteiger partial charge in [-0.15, -0.1) is 0 Å². The number of aromatic nitrogens is 2. The molecule has 4 bridgehead atoms. The number of anilines is 1. The molecule has 5 fully saturated rings. The van der Waals surface area contributed by atoms with Crippen LogP contribution in [0.1, 0.15) is 73.0 Å². The van der Waals surface area contributed by atoms with Gasteiger partial charge in [0.15, 0.2) is 6.04 Å². The number of piperazine rings is 1. The van der Waals surface area contributed by atoms with Gasteiger partial charge in [-0.1, -0.05) is 12.1 Å². The number of benzene rings is 1. The van der Waals surface area contributed by atoms with E-state index in [9.17, 15) is 22.4 Å². The molecule has 1 aromatic carbocycles. The average molecular weight is 532 g/mol. The van der Waals surface area contributed by atoms with E-state index in [1.54, 1.807) is 4.90 Å². The Bertz CT molecular complexity index is 1180. The van der Waals surface area contributed by atoms with Crippen LogP contribution in [0.4, 0.5) is 23.4 Å². The van der Waals surface area contributed by atoms with Gasteiger partial charge in [0.05, 0.1) is 12.2 Å². The van der Waals surface area contributed by atoms with Crippen molar-refractivity contribution in [3.8, 4) is 0 Å². The maximum absolute atomic E-state index is 14.0. The fraction of sp³-hybridized carbons (Fsp3) is 0.643. The van der Waals surface area contributed by atoms with Crippen molar-refractivity contribution in [2.24, 2.45) is 17.8 Å². The Labute approximate surface area is 219 Å². The van der Waals surface area contributed by atoms with Crippen LogP contribution >= 0.6 is 0 Å². The van der Waals surface area contributed by atoms with Crippen molar-refractivity contribution >= 4 is 11.7 Å². The molecule has 1 amide bonds. The van der Waals surface area contributed by atoms with E-state index in [-0.39, 0.29) is 29.2 Å². The normalized spacial score (nSPS) is 34.7. The zero-order valence-corrected chi connectivity index (χ0v) is 21.3. The molecule has 1 saturated heterocycles. The third-order valence-electron chi connectivity index (χ3n) is 9.98. The molecule has 204 valence electrons. The number of amides is 1. The van der Waals surface area contributed by atoms with E-state index in [0.29, 0.717) is 18.7 Å². The molecule has 1 aromatic heterocycles. The monoisotopic (exact) mass is 531 g/mol. The van der Waals surface area contributed by atoms with Crippen LogP contribution < -0.4 is 5.32 Å². The summed E-state index contributed by atoms with van der Waals surface area (Å²) in [6.45, 7) is 2.74. The van der Waals surface area contributed by atoms with Crippen LogP contribution in [0, 0.1) is 23.6 Å². The lowest BCUT2D eigenvalue weighted by molar-refractivity contribution is -0.173. The lowest BCUT2D eigenvalue weighted by atomic mass is 9.52. The van der Waals surface area contributed by atoms with Crippen LogP contribution in [-0.2, 0) is 0 Å².